The molecule has 1 aromatic carbocycles. The van der Waals surface area contributed by atoms with Crippen LogP contribution in [-0.2, 0) is 0 Å². The van der Waals surface area contributed by atoms with E-state index in [1.165, 1.54) is 51.3 Å². The van der Waals surface area contributed by atoms with Crippen LogP contribution in [-0.4, -0.2) is 18.6 Å². The number of nitro groups is 1. The lowest BCUT2D eigenvalue weighted by molar-refractivity contribution is -0.384. The first-order valence-electron chi connectivity index (χ1n) is 7.27. The Bertz CT molecular complexity index is 456. The fourth-order valence-electron chi connectivity index (χ4n) is 2.83. The Morgan fingerprint density at radius 2 is 2.10 bits per heavy atom. The quantitative estimate of drug-likeness (QED) is 0.631. The van der Waals surface area contributed by atoms with E-state index in [9.17, 15) is 10.1 Å². The first-order chi connectivity index (χ1) is 9.70. The topological polar surface area (TPSA) is 64.4 Å². The zero-order valence-corrected chi connectivity index (χ0v) is 11.9. The maximum atomic E-state index is 10.7. The van der Waals surface area contributed by atoms with Gasteiger partial charge in [0.25, 0.3) is 5.69 Å². The highest BCUT2D eigenvalue weighted by Crippen LogP contribution is 2.30. The van der Waals surface area contributed by atoms with Gasteiger partial charge < -0.3 is 10.1 Å². The normalized spacial score (nSPS) is 15.8. The van der Waals surface area contributed by atoms with Gasteiger partial charge >= 0.3 is 0 Å². The first-order valence-corrected chi connectivity index (χ1v) is 7.27. The van der Waals surface area contributed by atoms with Crippen molar-refractivity contribution in [2.24, 2.45) is 5.92 Å². The van der Waals surface area contributed by atoms with E-state index in [1.807, 2.05) is 0 Å². The molecule has 0 bridgehead atoms. The highest BCUT2D eigenvalue weighted by Gasteiger charge is 2.14. The van der Waals surface area contributed by atoms with E-state index in [4.69, 9.17) is 4.74 Å². The number of benzene rings is 1. The number of non-ortho nitro benzene ring substituents is 1. The molecule has 0 aliphatic heterocycles. The number of hydrogen-bond donors (Lipinski definition) is 1. The van der Waals surface area contributed by atoms with Crippen molar-refractivity contribution in [2.45, 2.75) is 38.5 Å². The summed E-state index contributed by atoms with van der Waals surface area (Å²) in [6, 6.07) is 4.69. The Hall–Kier alpha value is -1.78. The van der Waals surface area contributed by atoms with Gasteiger partial charge in [-0.2, -0.15) is 0 Å². The zero-order valence-electron chi connectivity index (χ0n) is 11.9. The van der Waals surface area contributed by atoms with Crippen molar-refractivity contribution in [3.8, 4) is 5.75 Å². The minimum Gasteiger partial charge on any atom is -0.494 e. The van der Waals surface area contributed by atoms with Gasteiger partial charge in [0.1, 0.15) is 5.75 Å². The highest BCUT2D eigenvalue weighted by atomic mass is 16.6. The van der Waals surface area contributed by atoms with Gasteiger partial charge in [0.05, 0.1) is 23.8 Å². The van der Waals surface area contributed by atoms with Crippen LogP contribution in [0.15, 0.2) is 18.2 Å². The van der Waals surface area contributed by atoms with Crippen molar-refractivity contribution in [3.05, 3.63) is 28.3 Å². The Balaban J connectivity index is 1.89. The first kappa shape index (κ1) is 14.6. The molecule has 5 nitrogen and oxygen atoms in total. The van der Waals surface area contributed by atoms with Crippen molar-refractivity contribution in [2.75, 3.05) is 19.0 Å². The Labute approximate surface area is 119 Å². The molecule has 0 atom stereocenters. The fourth-order valence-corrected chi connectivity index (χ4v) is 2.83. The molecular formula is C15H22N2O3. The molecule has 110 valence electrons. The molecule has 0 spiro atoms. The zero-order chi connectivity index (χ0) is 14.4. The Morgan fingerprint density at radius 3 is 2.75 bits per heavy atom. The number of rotatable bonds is 6. The van der Waals surface area contributed by atoms with Gasteiger partial charge in [-0.25, -0.2) is 0 Å². The lowest BCUT2D eigenvalue weighted by atomic mass is 9.87. The molecule has 1 aliphatic rings. The lowest BCUT2D eigenvalue weighted by Crippen LogP contribution is -2.12. The number of methoxy groups -OCH3 is 1. The SMILES string of the molecule is COc1cc([N+](=O)[O-])ccc1NCCC1CCCCC1. The van der Waals surface area contributed by atoms with Crippen LogP contribution in [0, 0.1) is 16.0 Å². The van der Waals surface area contributed by atoms with E-state index in [-0.39, 0.29) is 5.69 Å². The van der Waals surface area contributed by atoms with Crippen molar-refractivity contribution in [1.29, 1.82) is 0 Å². The molecule has 1 saturated carbocycles. The predicted octanol–water partition coefficient (Wildman–Crippen LogP) is 3.99. The molecule has 0 saturated heterocycles. The van der Waals surface area contributed by atoms with Crippen LogP contribution in [0.2, 0.25) is 0 Å². The molecule has 5 heteroatoms. The summed E-state index contributed by atoms with van der Waals surface area (Å²) < 4.78 is 5.21. The largest absolute Gasteiger partial charge is 0.494 e. The van der Waals surface area contributed by atoms with Gasteiger partial charge in [0, 0.05) is 12.6 Å². The van der Waals surface area contributed by atoms with Crippen molar-refractivity contribution in [1.82, 2.24) is 0 Å². The van der Waals surface area contributed by atoms with Crippen LogP contribution >= 0.6 is 0 Å². The van der Waals surface area contributed by atoms with Gasteiger partial charge in [-0.15, -0.1) is 0 Å². The monoisotopic (exact) mass is 278 g/mol. The second-order valence-corrected chi connectivity index (χ2v) is 5.36. The van der Waals surface area contributed by atoms with E-state index in [0.717, 1.165) is 24.6 Å². The number of anilines is 1. The predicted molar refractivity (Wildman–Crippen MR) is 79.3 cm³/mol. The smallest absolute Gasteiger partial charge is 0.273 e. The van der Waals surface area contributed by atoms with Crippen molar-refractivity contribution in [3.63, 3.8) is 0 Å². The van der Waals surface area contributed by atoms with Crippen molar-refractivity contribution >= 4 is 11.4 Å². The minimum atomic E-state index is -0.408. The molecule has 1 N–H and O–H groups in total. The molecule has 20 heavy (non-hydrogen) atoms. The summed E-state index contributed by atoms with van der Waals surface area (Å²) >= 11 is 0. The van der Waals surface area contributed by atoms with Gasteiger partial charge in [0.2, 0.25) is 0 Å². The van der Waals surface area contributed by atoms with Crippen LogP contribution in [0.3, 0.4) is 0 Å². The summed E-state index contributed by atoms with van der Waals surface area (Å²) in [5.41, 5.74) is 0.883. The van der Waals surface area contributed by atoms with Gasteiger partial charge in [-0.05, 0) is 18.4 Å². The van der Waals surface area contributed by atoms with Crippen molar-refractivity contribution < 1.29 is 9.66 Å². The summed E-state index contributed by atoms with van der Waals surface area (Å²) in [5.74, 6) is 1.35. The summed E-state index contributed by atoms with van der Waals surface area (Å²) in [7, 11) is 1.53. The number of nitro benzene ring substituents is 1. The number of hydrogen-bond acceptors (Lipinski definition) is 4. The fraction of sp³-hybridized carbons (Fsp3) is 0.600. The second kappa shape index (κ2) is 7.12. The van der Waals surface area contributed by atoms with E-state index in [1.54, 1.807) is 6.07 Å². The molecule has 0 unspecified atom stereocenters. The standard InChI is InChI=1S/C15H22N2O3/c1-20-15-11-13(17(18)19)7-8-14(15)16-10-9-12-5-3-2-4-6-12/h7-8,11-12,16H,2-6,9-10H2,1H3. The lowest BCUT2D eigenvalue weighted by Gasteiger charge is -2.21. The van der Waals surface area contributed by atoms with E-state index in [2.05, 4.69) is 5.32 Å². The average Bonchev–Trinajstić information content (AvgIpc) is 2.48. The van der Waals surface area contributed by atoms with Gasteiger partial charge in [-0.3, -0.25) is 10.1 Å². The van der Waals surface area contributed by atoms with Gasteiger partial charge in [-0.1, -0.05) is 32.1 Å². The maximum Gasteiger partial charge on any atom is 0.273 e. The van der Waals surface area contributed by atoms with Crippen LogP contribution in [0.5, 0.6) is 5.75 Å². The summed E-state index contributed by atoms with van der Waals surface area (Å²) in [5, 5.41) is 14.1. The summed E-state index contributed by atoms with van der Waals surface area (Å²) in [6.07, 6.45) is 7.90. The summed E-state index contributed by atoms with van der Waals surface area (Å²) in [4.78, 5) is 10.3. The molecular weight excluding hydrogens is 256 g/mol. The van der Waals surface area contributed by atoms with E-state index in [0.29, 0.717) is 5.75 Å². The molecule has 0 aromatic heterocycles. The molecule has 0 heterocycles. The highest BCUT2D eigenvalue weighted by molar-refractivity contribution is 5.60. The molecule has 1 fully saturated rings. The Morgan fingerprint density at radius 1 is 1.35 bits per heavy atom. The van der Waals surface area contributed by atoms with Crippen LogP contribution in [0.1, 0.15) is 38.5 Å². The van der Waals surface area contributed by atoms with Crippen LogP contribution in [0.4, 0.5) is 11.4 Å². The third-order valence-electron chi connectivity index (χ3n) is 3.99. The Kier molecular flexibility index (Phi) is 5.21. The van der Waals surface area contributed by atoms with Crippen LogP contribution < -0.4 is 10.1 Å². The number of nitrogens with one attached hydrogen (secondary N) is 1. The maximum absolute atomic E-state index is 10.7. The minimum absolute atomic E-state index is 0.0553. The van der Waals surface area contributed by atoms with Crippen LogP contribution in [0.25, 0.3) is 0 Å². The molecule has 1 aliphatic carbocycles. The third kappa shape index (κ3) is 3.85. The van der Waals surface area contributed by atoms with Gasteiger partial charge in [0.15, 0.2) is 0 Å². The van der Waals surface area contributed by atoms with E-state index >= 15 is 0 Å². The van der Waals surface area contributed by atoms with E-state index < -0.39 is 4.92 Å². The average molecular weight is 278 g/mol. The summed E-state index contributed by atoms with van der Waals surface area (Å²) in [6.45, 7) is 0.888. The molecule has 0 amide bonds. The second-order valence-electron chi connectivity index (χ2n) is 5.36. The third-order valence-corrected chi connectivity index (χ3v) is 3.99. The molecule has 2 rings (SSSR count). The molecule has 1 aromatic rings. The number of ether oxygens (including phenoxy) is 1. The number of nitrogens with zero attached hydrogens (tertiary/aromatic N) is 1. The molecule has 0 radical (unpaired) electrons.